The number of amides is 1. The zero-order chi connectivity index (χ0) is 13.5. The van der Waals surface area contributed by atoms with E-state index in [1.54, 1.807) is 10.9 Å². The topological polar surface area (TPSA) is 48.5 Å². The molecule has 1 aliphatic rings. The van der Waals surface area contributed by atoms with Crippen LogP contribution in [-0.2, 0) is 0 Å². The van der Waals surface area contributed by atoms with E-state index >= 15 is 0 Å². The smallest absolute Gasteiger partial charge is 0.270 e. The van der Waals surface area contributed by atoms with E-state index in [-0.39, 0.29) is 5.91 Å². The number of thiazole rings is 1. The van der Waals surface area contributed by atoms with Gasteiger partial charge in [-0.2, -0.15) is 0 Å². The summed E-state index contributed by atoms with van der Waals surface area (Å²) in [5, 5.41) is 4.69. The van der Waals surface area contributed by atoms with Crippen LogP contribution in [-0.4, -0.2) is 67.0 Å². The molecule has 1 fully saturated rings. The van der Waals surface area contributed by atoms with Gasteiger partial charge < -0.3 is 15.1 Å². The fraction of sp³-hybridized carbons (Fsp3) is 0.692. The fourth-order valence-corrected chi connectivity index (χ4v) is 2.68. The maximum atomic E-state index is 11.6. The highest BCUT2D eigenvalue weighted by Crippen LogP contribution is 2.02. The monoisotopic (exact) mass is 282 g/mol. The summed E-state index contributed by atoms with van der Waals surface area (Å²) in [6.45, 7) is 6.55. The fourth-order valence-electron chi connectivity index (χ4n) is 2.15. The maximum Gasteiger partial charge on any atom is 0.270 e. The third kappa shape index (κ3) is 4.89. The van der Waals surface area contributed by atoms with Crippen molar-refractivity contribution in [1.82, 2.24) is 20.1 Å². The molecule has 0 radical (unpaired) electrons. The van der Waals surface area contributed by atoms with Crippen molar-refractivity contribution >= 4 is 17.2 Å². The minimum atomic E-state index is -0.0548. The van der Waals surface area contributed by atoms with Gasteiger partial charge in [-0.05, 0) is 26.4 Å². The second-order valence-corrected chi connectivity index (χ2v) is 5.70. The Bertz CT molecular complexity index is 374. The summed E-state index contributed by atoms with van der Waals surface area (Å²) in [4.78, 5) is 20.5. The SMILES string of the molecule is CN1CCN(CCCCNC(=O)c2cscn2)CC1. The molecule has 19 heavy (non-hydrogen) atoms. The molecule has 1 amide bonds. The summed E-state index contributed by atoms with van der Waals surface area (Å²) in [6, 6.07) is 0. The van der Waals surface area contributed by atoms with E-state index in [0.717, 1.165) is 25.9 Å². The van der Waals surface area contributed by atoms with Gasteiger partial charge in [0.25, 0.3) is 5.91 Å². The Morgan fingerprint density at radius 2 is 2.16 bits per heavy atom. The first-order valence-corrected chi connectivity index (χ1v) is 7.77. The van der Waals surface area contributed by atoms with E-state index in [9.17, 15) is 4.79 Å². The normalized spacial score (nSPS) is 17.5. The van der Waals surface area contributed by atoms with Gasteiger partial charge in [0, 0.05) is 38.1 Å². The number of aromatic nitrogens is 1. The molecule has 6 heteroatoms. The predicted molar refractivity (Wildman–Crippen MR) is 77.6 cm³/mol. The van der Waals surface area contributed by atoms with Crippen LogP contribution >= 0.6 is 11.3 Å². The van der Waals surface area contributed by atoms with Crippen LogP contribution in [0.1, 0.15) is 23.3 Å². The van der Waals surface area contributed by atoms with E-state index in [0.29, 0.717) is 5.69 Å². The molecule has 0 aromatic carbocycles. The predicted octanol–water partition coefficient (Wildman–Crippen LogP) is 0.900. The molecule has 0 aliphatic carbocycles. The lowest BCUT2D eigenvalue weighted by Gasteiger charge is -2.32. The number of hydrogen-bond acceptors (Lipinski definition) is 5. The Labute approximate surface area is 118 Å². The highest BCUT2D eigenvalue weighted by Gasteiger charge is 2.12. The van der Waals surface area contributed by atoms with Crippen molar-refractivity contribution in [3.8, 4) is 0 Å². The van der Waals surface area contributed by atoms with Crippen molar-refractivity contribution in [2.75, 3.05) is 46.3 Å². The summed E-state index contributed by atoms with van der Waals surface area (Å²) in [7, 11) is 2.17. The Hall–Kier alpha value is -0.980. The highest BCUT2D eigenvalue weighted by atomic mass is 32.1. The first-order valence-electron chi connectivity index (χ1n) is 6.83. The van der Waals surface area contributed by atoms with E-state index in [2.05, 4.69) is 27.1 Å². The van der Waals surface area contributed by atoms with Gasteiger partial charge >= 0.3 is 0 Å². The summed E-state index contributed by atoms with van der Waals surface area (Å²) in [5.41, 5.74) is 2.21. The third-order valence-corrected chi connectivity index (χ3v) is 4.03. The summed E-state index contributed by atoms with van der Waals surface area (Å²) < 4.78 is 0. The molecule has 1 N–H and O–H groups in total. The van der Waals surface area contributed by atoms with Crippen LogP contribution in [0.15, 0.2) is 10.9 Å². The van der Waals surface area contributed by atoms with Crippen molar-refractivity contribution in [1.29, 1.82) is 0 Å². The molecule has 2 heterocycles. The lowest BCUT2D eigenvalue weighted by Crippen LogP contribution is -2.44. The number of likely N-dealkylation sites (N-methyl/N-ethyl adjacent to an activating group) is 1. The van der Waals surface area contributed by atoms with Crippen molar-refractivity contribution in [2.24, 2.45) is 0 Å². The minimum absolute atomic E-state index is 0.0548. The van der Waals surface area contributed by atoms with Crippen LogP contribution < -0.4 is 5.32 Å². The quantitative estimate of drug-likeness (QED) is 0.788. The molecule has 0 atom stereocenters. The zero-order valence-electron chi connectivity index (χ0n) is 11.5. The average molecular weight is 282 g/mol. The molecule has 5 nitrogen and oxygen atoms in total. The number of nitrogens with zero attached hydrogens (tertiary/aromatic N) is 3. The van der Waals surface area contributed by atoms with Gasteiger partial charge in [0.05, 0.1) is 5.51 Å². The molecule has 1 aromatic rings. The van der Waals surface area contributed by atoms with E-state index < -0.39 is 0 Å². The zero-order valence-corrected chi connectivity index (χ0v) is 12.3. The second-order valence-electron chi connectivity index (χ2n) is 4.98. The lowest BCUT2D eigenvalue weighted by atomic mass is 10.2. The van der Waals surface area contributed by atoms with Crippen LogP contribution in [0.2, 0.25) is 0 Å². The first-order chi connectivity index (χ1) is 9.25. The van der Waals surface area contributed by atoms with E-state index in [1.807, 2.05) is 0 Å². The van der Waals surface area contributed by atoms with Crippen LogP contribution in [0.4, 0.5) is 0 Å². The lowest BCUT2D eigenvalue weighted by molar-refractivity contribution is 0.0947. The summed E-state index contributed by atoms with van der Waals surface area (Å²) in [5.74, 6) is -0.0548. The molecular weight excluding hydrogens is 260 g/mol. The van der Waals surface area contributed by atoms with Gasteiger partial charge in [0.2, 0.25) is 0 Å². The van der Waals surface area contributed by atoms with E-state index in [4.69, 9.17) is 0 Å². The third-order valence-electron chi connectivity index (χ3n) is 3.45. The van der Waals surface area contributed by atoms with Crippen LogP contribution in [0.5, 0.6) is 0 Å². The molecule has 1 aliphatic heterocycles. The van der Waals surface area contributed by atoms with E-state index in [1.165, 1.54) is 37.5 Å². The van der Waals surface area contributed by atoms with Crippen molar-refractivity contribution in [2.45, 2.75) is 12.8 Å². The molecule has 0 unspecified atom stereocenters. The van der Waals surface area contributed by atoms with Crippen LogP contribution in [0, 0.1) is 0 Å². The second kappa shape index (κ2) is 7.57. The molecule has 0 spiro atoms. The number of piperazine rings is 1. The molecular formula is C13H22N4OS. The van der Waals surface area contributed by atoms with Gasteiger partial charge in [-0.3, -0.25) is 4.79 Å². The summed E-state index contributed by atoms with van der Waals surface area (Å²) >= 11 is 1.45. The molecule has 1 aromatic heterocycles. The maximum absolute atomic E-state index is 11.6. The van der Waals surface area contributed by atoms with Gasteiger partial charge in [0.1, 0.15) is 5.69 Å². The molecule has 2 rings (SSSR count). The molecule has 1 saturated heterocycles. The molecule has 0 saturated carbocycles. The van der Waals surface area contributed by atoms with Gasteiger partial charge in [-0.25, -0.2) is 4.98 Å². The largest absolute Gasteiger partial charge is 0.351 e. The Morgan fingerprint density at radius 1 is 1.37 bits per heavy atom. The number of rotatable bonds is 6. The highest BCUT2D eigenvalue weighted by molar-refractivity contribution is 7.07. The number of hydrogen-bond donors (Lipinski definition) is 1. The Morgan fingerprint density at radius 3 is 2.84 bits per heavy atom. The Kier molecular flexibility index (Phi) is 5.75. The summed E-state index contributed by atoms with van der Waals surface area (Å²) in [6.07, 6.45) is 2.17. The number of nitrogens with one attached hydrogen (secondary N) is 1. The molecule has 106 valence electrons. The van der Waals surface area contributed by atoms with Crippen molar-refractivity contribution < 1.29 is 4.79 Å². The first kappa shape index (κ1) is 14.4. The molecule has 0 bridgehead atoms. The van der Waals surface area contributed by atoms with Crippen LogP contribution in [0.25, 0.3) is 0 Å². The van der Waals surface area contributed by atoms with Crippen molar-refractivity contribution in [3.05, 3.63) is 16.6 Å². The van der Waals surface area contributed by atoms with Gasteiger partial charge in [-0.15, -0.1) is 11.3 Å². The number of unbranched alkanes of at least 4 members (excludes halogenated alkanes) is 1. The average Bonchev–Trinajstić information content (AvgIpc) is 2.94. The number of carbonyl (C=O) groups is 1. The Balaban J connectivity index is 1.51. The van der Waals surface area contributed by atoms with Gasteiger partial charge in [-0.1, -0.05) is 0 Å². The minimum Gasteiger partial charge on any atom is -0.351 e. The van der Waals surface area contributed by atoms with Crippen LogP contribution in [0.3, 0.4) is 0 Å². The number of carbonyl (C=O) groups excluding carboxylic acids is 1. The van der Waals surface area contributed by atoms with Crippen molar-refractivity contribution in [3.63, 3.8) is 0 Å². The standard InChI is InChI=1S/C13H22N4OS/c1-16-6-8-17(9-7-16)5-3-2-4-14-13(18)12-10-19-11-15-12/h10-11H,2-9H2,1H3,(H,14,18). The van der Waals surface area contributed by atoms with Gasteiger partial charge in [0.15, 0.2) is 0 Å².